The van der Waals surface area contributed by atoms with Crippen molar-refractivity contribution in [1.82, 2.24) is 9.97 Å². The van der Waals surface area contributed by atoms with Gasteiger partial charge >= 0.3 is 5.97 Å². The number of carboxylic acid groups (broad SMARTS) is 1. The fourth-order valence-electron chi connectivity index (χ4n) is 4.46. The molecule has 12 nitrogen and oxygen atoms in total. The summed E-state index contributed by atoms with van der Waals surface area (Å²) >= 11 is 6.68. The molecule has 3 aromatic rings. The molecule has 0 fully saturated rings. The zero-order valence-corrected chi connectivity index (χ0v) is 27.8. The Hall–Kier alpha value is -3.96. The Bertz CT molecular complexity index is 1600. The van der Waals surface area contributed by atoms with Crippen LogP contribution in [0.2, 0.25) is 5.02 Å². The third-order valence-corrected chi connectivity index (χ3v) is 7.81. The molecule has 0 bridgehead atoms. The number of anilines is 2. The quantitative estimate of drug-likeness (QED) is 0.132. The molecule has 0 spiro atoms. The van der Waals surface area contributed by atoms with E-state index in [-0.39, 0.29) is 19.2 Å². The lowest BCUT2D eigenvalue weighted by Crippen LogP contribution is -2.19. The summed E-state index contributed by atoms with van der Waals surface area (Å²) in [6, 6.07) is 15.3. The van der Waals surface area contributed by atoms with Gasteiger partial charge in [-0.3, -0.25) is 4.72 Å². The van der Waals surface area contributed by atoms with Gasteiger partial charge in [0.25, 0.3) is 0 Å². The Morgan fingerprint density at radius 2 is 1.74 bits per heavy atom. The van der Waals surface area contributed by atoms with Crippen LogP contribution in [0, 0.1) is 11.3 Å². The monoisotopic (exact) mass is 673 g/mol. The number of unbranched alkanes of at least 4 members (excludes halogenated alkanes) is 2. The molecule has 14 heteroatoms. The number of nitrogens with zero attached hydrogens (tertiary/aromatic N) is 3. The highest BCUT2D eigenvalue weighted by Crippen LogP contribution is 2.37. The molecule has 3 rings (SSSR count). The van der Waals surface area contributed by atoms with Crippen LogP contribution in [-0.4, -0.2) is 68.7 Å². The molecular weight excluding hydrogens is 634 g/mol. The molecule has 1 heterocycles. The van der Waals surface area contributed by atoms with Gasteiger partial charge in [0.1, 0.15) is 25.0 Å². The average molecular weight is 674 g/mol. The number of nitrogens with one attached hydrogen (secondary N) is 2. The zero-order valence-electron chi connectivity index (χ0n) is 26.2. The lowest BCUT2D eigenvalue weighted by atomic mass is 9.77. The number of carbonyl (C=O) groups is 1. The van der Waals surface area contributed by atoms with Gasteiger partial charge in [0.15, 0.2) is 0 Å². The molecule has 0 aliphatic carbocycles. The predicted molar refractivity (Wildman–Crippen MR) is 176 cm³/mol. The van der Waals surface area contributed by atoms with Crippen LogP contribution in [0.5, 0.6) is 5.75 Å². The number of halogens is 1. The number of ether oxygens (including phenoxy) is 3. The number of sulfonamides is 1. The van der Waals surface area contributed by atoms with Gasteiger partial charge in [0, 0.05) is 38.0 Å². The van der Waals surface area contributed by atoms with Crippen molar-refractivity contribution in [3.63, 3.8) is 0 Å². The third kappa shape index (κ3) is 12.1. The first-order valence-corrected chi connectivity index (χ1v) is 17.0. The largest absolute Gasteiger partial charge is 0.487 e. The first-order chi connectivity index (χ1) is 21.9. The van der Waals surface area contributed by atoms with E-state index in [1.807, 2.05) is 36.4 Å². The van der Waals surface area contributed by atoms with Gasteiger partial charge < -0.3 is 24.6 Å². The van der Waals surface area contributed by atoms with Crippen molar-refractivity contribution in [3.05, 3.63) is 76.1 Å². The maximum absolute atomic E-state index is 11.4. The molecule has 0 aliphatic heterocycles. The molecule has 0 aliphatic rings. The van der Waals surface area contributed by atoms with Gasteiger partial charge in [-0.2, -0.15) is 5.26 Å². The fourth-order valence-corrected chi connectivity index (χ4v) is 5.18. The third-order valence-electron chi connectivity index (χ3n) is 6.96. The number of aliphatic carboxylic acids is 1. The van der Waals surface area contributed by atoms with E-state index in [9.17, 15) is 18.5 Å². The van der Waals surface area contributed by atoms with E-state index in [2.05, 4.69) is 39.9 Å². The standard InChI is InChI=1S/C32H40ClN5O7S/c1-32(2,24-8-10-27(11-9-24)45-21-26-12-14-36-31(37-26)38-46(3,41)42)25-18-23(20-34)30(28(33)19-25)35-13-5-4-6-15-43-16-7-17-44-22-29(39)40/h8-12,14,18-19,35H,4-7,13,15-17,21-22H2,1-3H3,(H,39,40)(H,36,37,38). The summed E-state index contributed by atoms with van der Waals surface area (Å²) in [5.41, 5.74) is 3.03. The van der Waals surface area contributed by atoms with E-state index in [1.54, 1.807) is 6.07 Å². The van der Waals surface area contributed by atoms with Crippen molar-refractivity contribution in [2.75, 3.05) is 49.3 Å². The highest BCUT2D eigenvalue weighted by atomic mass is 35.5. The van der Waals surface area contributed by atoms with Crippen LogP contribution < -0.4 is 14.8 Å². The minimum absolute atomic E-state index is 0.0186. The summed E-state index contributed by atoms with van der Waals surface area (Å²) in [7, 11) is -3.49. The Labute approximate surface area is 275 Å². The van der Waals surface area contributed by atoms with Crippen LogP contribution >= 0.6 is 11.6 Å². The zero-order chi connectivity index (χ0) is 33.6. The Kier molecular flexibility index (Phi) is 14.0. The minimum atomic E-state index is -3.49. The lowest BCUT2D eigenvalue weighted by molar-refractivity contribution is -0.142. The smallest absolute Gasteiger partial charge is 0.329 e. The van der Waals surface area contributed by atoms with E-state index in [0.29, 0.717) is 60.5 Å². The molecule has 0 saturated carbocycles. The van der Waals surface area contributed by atoms with Crippen LogP contribution in [0.3, 0.4) is 0 Å². The van der Waals surface area contributed by atoms with Crippen molar-refractivity contribution in [3.8, 4) is 11.8 Å². The summed E-state index contributed by atoms with van der Waals surface area (Å²) in [5.74, 6) is -0.385. The van der Waals surface area contributed by atoms with Crippen molar-refractivity contribution in [2.24, 2.45) is 0 Å². The van der Waals surface area contributed by atoms with E-state index in [4.69, 9.17) is 30.9 Å². The van der Waals surface area contributed by atoms with Gasteiger partial charge in [-0.1, -0.05) is 37.6 Å². The number of benzene rings is 2. The number of hydrogen-bond acceptors (Lipinski definition) is 10. The van der Waals surface area contributed by atoms with Crippen LogP contribution in [0.1, 0.15) is 61.9 Å². The second-order valence-electron chi connectivity index (χ2n) is 11.1. The summed E-state index contributed by atoms with van der Waals surface area (Å²) < 4.78 is 41.5. The normalized spacial score (nSPS) is 11.5. The van der Waals surface area contributed by atoms with Gasteiger partial charge in [-0.15, -0.1) is 0 Å². The molecule has 0 atom stereocenters. The topological polar surface area (TPSA) is 173 Å². The molecule has 46 heavy (non-hydrogen) atoms. The molecule has 1 aromatic heterocycles. The molecular formula is C32H40ClN5O7S. The minimum Gasteiger partial charge on any atom is -0.487 e. The Morgan fingerprint density at radius 3 is 2.43 bits per heavy atom. The average Bonchev–Trinajstić information content (AvgIpc) is 3.00. The summed E-state index contributed by atoms with van der Waals surface area (Å²) in [5, 5.41) is 22.2. The van der Waals surface area contributed by atoms with Crippen molar-refractivity contribution >= 4 is 39.2 Å². The number of carboxylic acids is 1. The highest BCUT2D eigenvalue weighted by molar-refractivity contribution is 7.91. The van der Waals surface area contributed by atoms with Crippen molar-refractivity contribution in [1.29, 1.82) is 5.26 Å². The molecule has 2 aromatic carbocycles. The Morgan fingerprint density at radius 1 is 1.02 bits per heavy atom. The van der Waals surface area contributed by atoms with Gasteiger partial charge in [0.05, 0.1) is 28.2 Å². The SMILES string of the molecule is CC(C)(c1ccc(OCc2ccnc(NS(C)(=O)=O)n2)cc1)c1cc(Cl)c(NCCCCCOCCCOCC(=O)O)c(C#N)c1. The fraction of sp³-hybridized carbons (Fsp3) is 0.438. The predicted octanol–water partition coefficient (Wildman–Crippen LogP) is 5.37. The molecule has 0 amide bonds. The van der Waals surface area contributed by atoms with Gasteiger partial charge in [-0.05, 0) is 67.1 Å². The first kappa shape index (κ1) is 36.5. The first-order valence-electron chi connectivity index (χ1n) is 14.8. The number of rotatable bonds is 20. The van der Waals surface area contributed by atoms with E-state index in [0.717, 1.165) is 36.6 Å². The highest BCUT2D eigenvalue weighted by Gasteiger charge is 2.25. The molecule has 3 N–H and O–H groups in total. The Balaban J connectivity index is 1.50. The second-order valence-corrected chi connectivity index (χ2v) is 13.2. The van der Waals surface area contributed by atoms with Gasteiger partial charge in [0.2, 0.25) is 16.0 Å². The molecule has 0 saturated heterocycles. The second kappa shape index (κ2) is 17.7. The number of hydrogen-bond donors (Lipinski definition) is 3. The van der Waals surface area contributed by atoms with Crippen LogP contribution in [0.4, 0.5) is 11.6 Å². The van der Waals surface area contributed by atoms with E-state index < -0.39 is 21.4 Å². The maximum Gasteiger partial charge on any atom is 0.329 e. The van der Waals surface area contributed by atoms with Crippen LogP contribution in [0.25, 0.3) is 0 Å². The van der Waals surface area contributed by atoms with Crippen LogP contribution in [0.15, 0.2) is 48.7 Å². The van der Waals surface area contributed by atoms with Crippen molar-refractivity contribution in [2.45, 2.75) is 51.6 Å². The summed E-state index contributed by atoms with van der Waals surface area (Å²) in [6.07, 6.45) is 5.84. The van der Waals surface area contributed by atoms with Crippen LogP contribution in [-0.2, 0) is 36.3 Å². The van der Waals surface area contributed by atoms with Crippen molar-refractivity contribution < 1.29 is 32.5 Å². The van der Waals surface area contributed by atoms with E-state index >= 15 is 0 Å². The molecule has 0 unspecified atom stereocenters. The summed E-state index contributed by atoms with van der Waals surface area (Å²) in [4.78, 5) is 18.5. The lowest BCUT2D eigenvalue weighted by Gasteiger charge is -2.27. The summed E-state index contributed by atoms with van der Waals surface area (Å²) in [6.45, 7) is 6.12. The number of aromatic nitrogens is 2. The van der Waals surface area contributed by atoms with E-state index in [1.165, 1.54) is 6.20 Å². The molecule has 248 valence electrons. The molecule has 0 radical (unpaired) electrons. The maximum atomic E-state index is 11.4. The number of nitriles is 1. The van der Waals surface area contributed by atoms with Gasteiger partial charge in [-0.25, -0.2) is 23.2 Å².